The summed E-state index contributed by atoms with van der Waals surface area (Å²) in [6, 6.07) is 41.2. The number of sulfonamides is 1. The summed E-state index contributed by atoms with van der Waals surface area (Å²) in [5.41, 5.74) is 5.17. The first-order chi connectivity index (χ1) is 31.7. The number of para-hydroxylation sites is 2. The Hall–Kier alpha value is -6.42. The molecule has 0 aromatic heterocycles. The molecule has 12 nitrogen and oxygen atoms in total. The molecule has 334 valence electrons. The quantitative estimate of drug-likeness (QED) is 0.0699. The molecule has 66 heavy (non-hydrogen) atoms. The van der Waals surface area contributed by atoms with E-state index in [1.54, 1.807) is 30.3 Å². The predicted octanol–water partition coefficient (Wildman–Crippen LogP) is 8.61. The van der Waals surface area contributed by atoms with Crippen molar-refractivity contribution >= 4 is 90.8 Å². The van der Waals surface area contributed by atoms with Crippen LogP contribution in [-0.2, 0) is 30.8 Å². The number of hydrogen-bond donors (Lipinski definition) is 2. The van der Waals surface area contributed by atoms with Crippen molar-refractivity contribution in [1.82, 2.24) is 19.1 Å². The molecular weight excluding hydrogens is 918 g/mol. The van der Waals surface area contributed by atoms with Gasteiger partial charge in [0.2, 0.25) is 27.0 Å². The average molecular weight is 960 g/mol. The molecule has 0 radical (unpaired) electrons. The highest BCUT2D eigenvalue weighted by atomic mass is 35.5. The maximum atomic E-state index is 14.9. The third kappa shape index (κ3) is 8.24. The van der Waals surface area contributed by atoms with Crippen LogP contribution in [0.1, 0.15) is 5.56 Å². The number of carboxylic acids is 1. The zero-order valence-corrected chi connectivity index (χ0v) is 39.0. The van der Waals surface area contributed by atoms with Crippen molar-refractivity contribution in [3.05, 3.63) is 172 Å². The number of carbonyl (C=O) groups excluding carboxylic acids is 2. The molecule has 1 aliphatic carbocycles. The van der Waals surface area contributed by atoms with Crippen molar-refractivity contribution in [3.63, 3.8) is 0 Å². The van der Waals surface area contributed by atoms with Crippen LogP contribution < -0.4 is 20.1 Å². The van der Waals surface area contributed by atoms with Crippen LogP contribution in [-0.4, -0.2) is 85.4 Å². The molecule has 16 heteroatoms. The molecule has 5 aromatic carbocycles. The van der Waals surface area contributed by atoms with Crippen molar-refractivity contribution in [1.29, 1.82) is 0 Å². The summed E-state index contributed by atoms with van der Waals surface area (Å²) < 4.78 is 39.6. The Morgan fingerprint density at radius 3 is 2.30 bits per heavy atom. The number of amides is 2. The van der Waals surface area contributed by atoms with Crippen LogP contribution in [0.2, 0.25) is 10.0 Å². The van der Waals surface area contributed by atoms with Crippen LogP contribution in [0.3, 0.4) is 0 Å². The summed E-state index contributed by atoms with van der Waals surface area (Å²) in [7, 11) is 0.840. The number of fused-ring (bicyclic) bond motifs is 3. The van der Waals surface area contributed by atoms with Gasteiger partial charge < -0.3 is 19.7 Å². The lowest BCUT2D eigenvalue weighted by Gasteiger charge is -2.49. The largest absolute Gasteiger partial charge is 0.477 e. The molecule has 1 unspecified atom stereocenters. The van der Waals surface area contributed by atoms with E-state index in [2.05, 4.69) is 5.32 Å². The minimum Gasteiger partial charge on any atom is -0.477 e. The summed E-state index contributed by atoms with van der Waals surface area (Å²) in [6.07, 6.45) is 0.0618. The number of nitrogens with zero attached hydrogens (tertiary/aromatic N) is 4. The minimum absolute atomic E-state index is 0.0177. The van der Waals surface area contributed by atoms with E-state index < -0.39 is 33.3 Å². The summed E-state index contributed by atoms with van der Waals surface area (Å²) in [5.74, 6) is -1.71. The van der Waals surface area contributed by atoms with Gasteiger partial charge in [-0.15, -0.1) is 11.8 Å². The third-order valence-corrected chi connectivity index (χ3v) is 15.8. The fraction of sp³-hybridized carbons (Fsp3) is 0.160. The molecule has 0 saturated carbocycles. The average Bonchev–Trinajstić information content (AvgIpc) is 3.32. The maximum absolute atomic E-state index is 14.9. The van der Waals surface area contributed by atoms with Crippen LogP contribution in [0.25, 0.3) is 33.4 Å². The van der Waals surface area contributed by atoms with Crippen molar-refractivity contribution in [2.75, 3.05) is 38.3 Å². The standard InChI is InChI=1S/C50H41Cl2N5O7S2/c1-54(28-31-29-65-49-46(48(59)57(49)47(31)50(60)61)53-44(58)25-30-13-5-4-6-14-30)66(62,63)43-20-12-7-15-36(43)45-34-23-21-32(55(2)39-18-10-8-16-37(39)51)26-41(34)64-42-27-33(22-24-35(42)45)56(3)40-19-11-9-17-38(40)52/h4-24,26-27,46,49H,25,28-29H2,1-3H3,(H-,53,58,60,61)/p+1/t46-,49?/m1/s1. The Labute approximate surface area is 395 Å². The molecular formula is C50H42Cl2N5O7S2+. The number of hydrogen-bond acceptors (Lipinski definition) is 8. The first-order valence-electron chi connectivity index (χ1n) is 20.8. The highest BCUT2D eigenvalue weighted by Gasteiger charge is 2.54. The second-order valence-electron chi connectivity index (χ2n) is 16.0. The Bertz CT molecular complexity index is 3290. The van der Waals surface area contributed by atoms with Crippen molar-refractivity contribution in [2.24, 2.45) is 0 Å². The number of carbonyl (C=O) groups is 3. The number of halogens is 2. The van der Waals surface area contributed by atoms with Crippen molar-refractivity contribution in [3.8, 4) is 22.5 Å². The monoisotopic (exact) mass is 958 g/mol. The molecule has 4 aliphatic rings. The zero-order valence-electron chi connectivity index (χ0n) is 35.8. The van der Waals surface area contributed by atoms with Gasteiger partial charge in [-0.3, -0.25) is 14.5 Å². The molecule has 0 bridgehead atoms. The van der Waals surface area contributed by atoms with Gasteiger partial charge in [-0.1, -0.05) is 96.0 Å². The fourth-order valence-corrected chi connectivity index (χ4v) is 11.8. The van der Waals surface area contributed by atoms with Gasteiger partial charge in [0.05, 0.1) is 28.1 Å². The zero-order chi connectivity index (χ0) is 46.4. The highest BCUT2D eigenvalue weighted by Crippen LogP contribution is 2.45. The molecule has 3 heterocycles. The Morgan fingerprint density at radius 1 is 0.864 bits per heavy atom. The lowest BCUT2D eigenvalue weighted by molar-refractivity contribution is -0.150. The van der Waals surface area contributed by atoms with Gasteiger partial charge in [0.1, 0.15) is 40.5 Å². The number of β-lactam (4-membered cyclic amide) rings is 1. The van der Waals surface area contributed by atoms with Gasteiger partial charge >= 0.3 is 5.97 Å². The summed E-state index contributed by atoms with van der Waals surface area (Å²) in [6.45, 7) is -0.312. The van der Waals surface area contributed by atoms with E-state index in [0.717, 1.165) is 37.2 Å². The number of anilines is 2. The molecule has 2 N–H and O–H groups in total. The topological polar surface area (TPSA) is 143 Å². The number of carboxylic acid groups (broad SMARTS) is 1. The lowest BCUT2D eigenvalue weighted by atomic mass is 9.93. The highest BCUT2D eigenvalue weighted by molar-refractivity contribution is 8.00. The molecule has 9 rings (SSSR count). The van der Waals surface area contributed by atoms with Crippen LogP contribution in [0.5, 0.6) is 0 Å². The molecule has 1 fully saturated rings. The van der Waals surface area contributed by atoms with E-state index in [1.807, 2.05) is 127 Å². The van der Waals surface area contributed by atoms with E-state index in [0.29, 0.717) is 43.5 Å². The Kier molecular flexibility index (Phi) is 12.3. The van der Waals surface area contributed by atoms with Gasteiger partial charge in [-0.05, 0) is 53.6 Å². The lowest BCUT2D eigenvalue weighted by Crippen LogP contribution is -2.70. The second-order valence-corrected chi connectivity index (χ2v) is 19.9. The van der Waals surface area contributed by atoms with E-state index in [-0.39, 0.29) is 40.8 Å². The van der Waals surface area contributed by atoms with E-state index in [9.17, 15) is 27.9 Å². The number of nitrogens with one attached hydrogen (secondary N) is 1. The first kappa shape index (κ1) is 44.8. The molecule has 2 amide bonds. The summed E-state index contributed by atoms with van der Waals surface area (Å²) in [4.78, 5) is 42.3. The van der Waals surface area contributed by atoms with Crippen LogP contribution in [0, 0.1) is 0 Å². The fourth-order valence-electron chi connectivity index (χ4n) is 8.53. The third-order valence-electron chi connectivity index (χ3n) is 11.9. The molecule has 2 atom stereocenters. The van der Waals surface area contributed by atoms with Crippen LogP contribution in [0.4, 0.5) is 17.1 Å². The predicted molar refractivity (Wildman–Crippen MR) is 260 cm³/mol. The number of benzene rings is 6. The van der Waals surface area contributed by atoms with E-state index in [1.165, 1.54) is 24.9 Å². The number of aliphatic carboxylic acids is 1. The van der Waals surface area contributed by atoms with E-state index >= 15 is 0 Å². The molecule has 1 saturated heterocycles. The first-order valence-corrected chi connectivity index (χ1v) is 24.1. The number of likely N-dealkylation sites (N-methyl/N-ethyl adjacent to an activating group) is 1. The van der Waals surface area contributed by atoms with Gasteiger partial charge in [-0.25, -0.2) is 13.2 Å². The van der Waals surface area contributed by atoms with Gasteiger partial charge in [0.15, 0.2) is 0 Å². The normalized spacial score (nSPS) is 16.6. The molecule has 3 aliphatic heterocycles. The van der Waals surface area contributed by atoms with Crippen LogP contribution in [0.15, 0.2) is 160 Å². The van der Waals surface area contributed by atoms with Gasteiger partial charge in [0, 0.05) is 72.4 Å². The Balaban J connectivity index is 1.10. The maximum Gasteiger partial charge on any atom is 0.352 e. The molecule has 0 spiro atoms. The van der Waals surface area contributed by atoms with Crippen LogP contribution >= 0.6 is 35.0 Å². The van der Waals surface area contributed by atoms with Crippen molar-refractivity contribution in [2.45, 2.75) is 22.7 Å². The molecule has 5 aromatic rings. The van der Waals surface area contributed by atoms with E-state index in [4.69, 9.17) is 27.6 Å². The SMILES string of the molecule is CN(c1ccc2c(-c3ccccc3S(=O)(=O)N(C)CC3=C(C(=O)O)N4C(=O)[C@@H](NC(=O)Cc5ccccc5)C4SC3)c3ccc(=[N+](C)c4ccccc4Cl)cc-3oc2c1)c1ccccc1Cl. The summed E-state index contributed by atoms with van der Waals surface area (Å²) in [5, 5.41) is 15.1. The minimum atomic E-state index is -4.35. The van der Waals surface area contributed by atoms with Gasteiger partial charge in [-0.2, -0.15) is 8.88 Å². The smallest absolute Gasteiger partial charge is 0.352 e. The second kappa shape index (κ2) is 18.1. The number of rotatable bonds is 12. The number of thioether (sulfide) groups is 1. The summed E-state index contributed by atoms with van der Waals surface area (Å²) >= 11 is 14.5. The van der Waals surface area contributed by atoms with Crippen molar-refractivity contribution < 1.29 is 32.3 Å². The Morgan fingerprint density at radius 2 is 1.56 bits per heavy atom. The van der Waals surface area contributed by atoms with Gasteiger partial charge in [0.25, 0.3) is 5.91 Å².